The van der Waals surface area contributed by atoms with Crippen molar-refractivity contribution in [3.8, 4) is 0 Å². The summed E-state index contributed by atoms with van der Waals surface area (Å²) in [6.45, 7) is 3.04. The van der Waals surface area contributed by atoms with Crippen LogP contribution in [-0.4, -0.2) is 76.7 Å². The molecule has 1 fully saturated rings. The number of aliphatic imine (C=N–C) groups is 1. The molecular formula is C30H30N10O8S2. The van der Waals surface area contributed by atoms with E-state index in [2.05, 4.69) is 20.3 Å². The Morgan fingerprint density at radius 2 is 2.06 bits per heavy atom. The number of hydrogen-bond acceptors (Lipinski definition) is 14. The topological polar surface area (TPSA) is 275 Å². The van der Waals surface area contributed by atoms with E-state index in [1.165, 1.54) is 31.0 Å². The summed E-state index contributed by atoms with van der Waals surface area (Å²) < 4.78 is 9.06. The number of fused-ring (bicyclic) bond motifs is 2. The third-order valence-corrected chi connectivity index (χ3v) is 9.99. The molecule has 4 aromatic rings. The van der Waals surface area contributed by atoms with Gasteiger partial charge in [-0.2, -0.15) is 4.99 Å². The van der Waals surface area contributed by atoms with Crippen LogP contribution in [0.5, 0.6) is 0 Å². The highest BCUT2D eigenvalue weighted by Crippen LogP contribution is 2.45. The molecule has 0 bridgehead atoms. The lowest BCUT2D eigenvalue weighted by Gasteiger charge is -2.50. The number of carbonyl (C=O) groups is 4. The van der Waals surface area contributed by atoms with Crippen molar-refractivity contribution in [2.24, 2.45) is 27.5 Å². The molecule has 0 radical (unpaired) electrons. The number of ketones is 1. The van der Waals surface area contributed by atoms with Gasteiger partial charge in [0.05, 0.1) is 40.4 Å². The third-order valence-electron chi connectivity index (χ3n) is 7.92. The minimum absolute atomic E-state index is 0.0653. The van der Waals surface area contributed by atoms with Gasteiger partial charge in [0.25, 0.3) is 0 Å². The summed E-state index contributed by atoms with van der Waals surface area (Å²) in [5.41, 5.74) is 15.6. The number of Topliss-reactive ketones (excluding diaryl/α,β-unsaturated/α-hetero) is 1. The number of guanidine groups is 1. The monoisotopic (exact) mass is 722 g/mol. The number of nitrogen functional groups attached to an aromatic ring is 1. The molecule has 2 atom stereocenters. The van der Waals surface area contributed by atoms with Crippen molar-refractivity contribution in [2.45, 2.75) is 44.3 Å². The molecule has 7 N–H and O–H groups in total. The molecule has 50 heavy (non-hydrogen) atoms. The van der Waals surface area contributed by atoms with Crippen molar-refractivity contribution in [2.75, 3.05) is 11.5 Å². The lowest BCUT2D eigenvalue weighted by atomic mass is 9.89. The average Bonchev–Trinajstić information content (AvgIpc) is 3.79. The number of nitrogens with two attached hydrogens (primary N) is 3. The van der Waals surface area contributed by atoms with Crippen molar-refractivity contribution in [1.82, 2.24) is 19.6 Å². The minimum Gasteiger partial charge on any atom is -0.543 e. The van der Waals surface area contributed by atoms with Crippen molar-refractivity contribution in [3.63, 3.8) is 0 Å². The molecular weight excluding hydrogens is 693 g/mol. The van der Waals surface area contributed by atoms with Gasteiger partial charge in [0, 0.05) is 41.5 Å². The van der Waals surface area contributed by atoms with Crippen LogP contribution in [0.1, 0.15) is 31.7 Å². The first kappa shape index (κ1) is 34.1. The Morgan fingerprint density at radius 1 is 1.28 bits per heavy atom. The Balaban J connectivity index is 1.18. The second-order valence-corrected chi connectivity index (χ2v) is 13.9. The second-order valence-electron chi connectivity index (χ2n) is 11.9. The number of carbonyl (C=O) groups excluding carboxylic acids is 3. The molecule has 0 aromatic carbocycles. The van der Waals surface area contributed by atoms with Crippen LogP contribution in [0.4, 0.5) is 10.9 Å². The number of oxime groups is 1. The van der Waals surface area contributed by atoms with Gasteiger partial charge in [-0.25, -0.2) is 14.3 Å². The van der Waals surface area contributed by atoms with Crippen molar-refractivity contribution < 1.29 is 43.3 Å². The standard InChI is InChI=1S/C30H30N10O8S2/c1-30(2,27(45)46)48-37-22(18-13-50-29(33)34-18)20(41)8-17-24(42)40-23(26(43)44)15(12-49-25(17)40)10-38-5-4-19-14(9-38)3-6-39(19)11-16-7-21(36-47-16)35-28(31)32/h3-7,9,13,17,25H,8,10-12H2,1-2H3,(H7-,31,32,33,34,35,36,43,44,45,46)/b37-22-/t17-,25-/m1/s1. The van der Waals surface area contributed by atoms with Gasteiger partial charge in [0.1, 0.15) is 5.69 Å². The predicted molar refractivity (Wildman–Crippen MR) is 177 cm³/mol. The molecule has 2 aliphatic rings. The summed E-state index contributed by atoms with van der Waals surface area (Å²) in [5.74, 6) is -4.00. The molecule has 260 valence electrons. The summed E-state index contributed by atoms with van der Waals surface area (Å²) in [6.07, 6.45) is 5.16. The highest BCUT2D eigenvalue weighted by atomic mass is 32.2. The summed E-state index contributed by atoms with van der Waals surface area (Å²) in [5, 5.41) is 31.2. The smallest absolute Gasteiger partial charge is 0.350 e. The molecule has 0 saturated carbocycles. The van der Waals surface area contributed by atoms with E-state index < -0.39 is 40.5 Å². The van der Waals surface area contributed by atoms with Gasteiger partial charge in [-0.05, 0) is 19.9 Å². The summed E-state index contributed by atoms with van der Waals surface area (Å²) in [4.78, 5) is 65.0. The third kappa shape index (κ3) is 6.74. The first-order valence-corrected chi connectivity index (χ1v) is 16.8. The molecule has 20 heteroatoms. The molecule has 0 aliphatic carbocycles. The van der Waals surface area contributed by atoms with Crippen LogP contribution >= 0.6 is 23.1 Å². The number of β-lactam (4-membered cyclic amide) rings is 1. The Morgan fingerprint density at radius 3 is 2.74 bits per heavy atom. The highest BCUT2D eigenvalue weighted by Gasteiger charge is 2.53. The summed E-state index contributed by atoms with van der Waals surface area (Å²) >= 11 is 2.37. The lowest BCUT2D eigenvalue weighted by molar-refractivity contribution is -0.687. The normalized spacial score (nSPS) is 17.8. The second kappa shape index (κ2) is 13.3. The Hall–Kier alpha value is -5.76. The number of carboxylic acids is 2. The molecule has 1 amide bonds. The van der Waals surface area contributed by atoms with E-state index in [0.29, 0.717) is 17.9 Å². The number of nitrogens with zero attached hydrogens (tertiary/aromatic N) is 7. The number of carboxylic acid groups (broad SMARTS) is 2. The Kier molecular flexibility index (Phi) is 9.06. The number of hydrogen-bond donors (Lipinski definition) is 4. The molecule has 0 spiro atoms. The van der Waals surface area contributed by atoms with Crippen LogP contribution in [0, 0.1) is 5.92 Å². The Bertz CT molecular complexity index is 2130. The summed E-state index contributed by atoms with van der Waals surface area (Å²) in [6, 6.07) is 5.38. The van der Waals surface area contributed by atoms with Gasteiger partial charge >= 0.3 is 5.97 Å². The molecule has 4 aromatic heterocycles. The zero-order valence-electron chi connectivity index (χ0n) is 26.5. The SMILES string of the molecule is CC(C)(O/N=C(\C(=O)C[C@@H]1C(=O)N2C(C(=O)[O-])=C(C[n+]3ccc4c(ccn4Cc4cc(N=C(N)N)no4)c3)CS[C@H]12)c1csc(N)n1)C(=O)O. The zero-order chi connectivity index (χ0) is 35.9. The van der Waals surface area contributed by atoms with Gasteiger partial charge < -0.3 is 46.1 Å². The van der Waals surface area contributed by atoms with Gasteiger partial charge in [-0.1, -0.05) is 10.3 Å². The number of pyridine rings is 1. The van der Waals surface area contributed by atoms with Crippen molar-refractivity contribution in [3.05, 3.63) is 64.9 Å². The van der Waals surface area contributed by atoms with Gasteiger partial charge in [-0.15, -0.1) is 23.1 Å². The zero-order valence-corrected chi connectivity index (χ0v) is 28.1. The number of aromatic nitrogens is 4. The maximum atomic E-state index is 13.5. The number of amides is 1. The van der Waals surface area contributed by atoms with E-state index in [0.717, 1.165) is 27.1 Å². The molecule has 1 saturated heterocycles. The maximum Gasteiger partial charge on any atom is 0.350 e. The molecule has 18 nitrogen and oxygen atoms in total. The van der Waals surface area contributed by atoms with Crippen LogP contribution in [0.2, 0.25) is 0 Å². The first-order chi connectivity index (χ1) is 23.7. The van der Waals surface area contributed by atoms with E-state index in [1.54, 1.807) is 12.3 Å². The fourth-order valence-electron chi connectivity index (χ4n) is 5.44. The van der Waals surface area contributed by atoms with E-state index in [4.69, 9.17) is 26.6 Å². The minimum atomic E-state index is -1.76. The quantitative estimate of drug-likeness (QED) is 0.0453. The number of rotatable bonds is 13. The lowest BCUT2D eigenvalue weighted by Crippen LogP contribution is -2.63. The van der Waals surface area contributed by atoms with Gasteiger partial charge in [0.15, 0.2) is 53.1 Å². The first-order valence-electron chi connectivity index (χ1n) is 14.9. The van der Waals surface area contributed by atoms with Crippen molar-refractivity contribution >= 4 is 80.3 Å². The van der Waals surface area contributed by atoms with E-state index in [9.17, 15) is 29.4 Å². The Labute approximate surface area is 290 Å². The molecule has 2 aliphatic heterocycles. The molecule has 6 rings (SSSR count). The largest absolute Gasteiger partial charge is 0.543 e. The molecule has 0 unspecified atom stereocenters. The van der Waals surface area contributed by atoms with E-state index in [1.807, 2.05) is 33.7 Å². The van der Waals surface area contributed by atoms with E-state index in [-0.39, 0.29) is 52.7 Å². The number of thioether (sulfide) groups is 1. The van der Waals surface area contributed by atoms with Crippen LogP contribution in [0.3, 0.4) is 0 Å². The number of thiazole rings is 1. The average molecular weight is 723 g/mol. The van der Waals surface area contributed by atoms with Crippen LogP contribution in [-0.2, 0) is 37.1 Å². The molecule has 6 heterocycles. The summed E-state index contributed by atoms with van der Waals surface area (Å²) in [7, 11) is 0. The van der Waals surface area contributed by atoms with Gasteiger partial charge in [-0.3, -0.25) is 14.5 Å². The maximum absolute atomic E-state index is 13.5. The highest BCUT2D eigenvalue weighted by molar-refractivity contribution is 8.00. The number of aliphatic carboxylic acids is 2. The van der Waals surface area contributed by atoms with Crippen LogP contribution in [0.15, 0.2) is 68.1 Å². The fraction of sp³-hybridized carbons (Fsp3) is 0.300. The number of anilines is 1. The van der Waals surface area contributed by atoms with E-state index >= 15 is 0 Å². The van der Waals surface area contributed by atoms with Gasteiger partial charge in [0.2, 0.25) is 11.5 Å². The van der Waals surface area contributed by atoms with Crippen LogP contribution in [0.25, 0.3) is 10.9 Å². The predicted octanol–water partition coefficient (Wildman–Crippen LogP) is -0.313. The van der Waals surface area contributed by atoms with Crippen LogP contribution < -0.4 is 26.9 Å². The fourth-order valence-corrected chi connectivity index (χ4v) is 7.39. The van der Waals surface area contributed by atoms with Crippen molar-refractivity contribution in [1.29, 1.82) is 0 Å².